The third-order valence-electron chi connectivity index (χ3n) is 5.59. The summed E-state index contributed by atoms with van der Waals surface area (Å²) in [5, 5.41) is 2.84. The summed E-state index contributed by atoms with van der Waals surface area (Å²) >= 11 is 0. The first-order valence-electron chi connectivity index (χ1n) is 10.3. The summed E-state index contributed by atoms with van der Waals surface area (Å²) in [6.07, 6.45) is 0.895. The van der Waals surface area contributed by atoms with Gasteiger partial charge in [0.05, 0.1) is 12.0 Å². The van der Waals surface area contributed by atoms with E-state index in [0.29, 0.717) is 6.54 Å². The molecule has 6 heteroatoms. The average Bonchev–Trinajstić information content (AvgIpc) is 3.15. The van der Waals surface area contributed by atoms with Crippen LogP contribution in [0.25, 0.3) is 0 Å². The molecule has 0 aliphatic carbocycles. The second-order valence-corrected chi connectivity index (χ2v) is 7.65. The number of aryl methyl sites for hydroxylation is 2. The zero-order valence-corrected chi connectivity index (χ0v) is 17.7. The van der Waals surface area contributed by atoms with Crippen LogP contribution < -0.4 is 5.32 Å². The van der Waals surface area contributed by atoms with Crippen LogP contribution in [-0.4, -0.2) is 35.8 Å². The van der Waals surface area contributed by atoms with Crippen molar-refractivity contribution < 1.29 is 19.1 Å². The summed E-state index contributed by atoms with van der Waals surface area (Å²) in [4.78, 5) is 38.9. The van der Waals surface area contributed by atoms with Gasteiger partial charge in [-0.15, -0.1) is 0 Å². The number of para-hydroxylation sites is 1. The molecule has 2 amide bonds. The summed E-state index contributed by atoms with van der Waals surface area (Å²) in [5.74, 6) is -1.53. The number of carbonyl (C=O) groups excluding carboxylic acids is 3. The largest absolute Gasteiger partial charge is 0.455 e. The van der Waals surface area contributed by atoms with Gasteiger partial charge in [-0.3, -0.25) is 14.4 Å². The van der Waals surface area contributed by atoms with Crippen molar-refractivity contribution in [1.29, 1.82) is 0 Å². The van der Waals surface area contributed by atoms with Gasteiger partial charge in [0.2, 0.25) is 5.91 Å². The molecule has 1 aliphatic heterocycles. The Balaban J connectivity index is 1.54. The summed E-state index contributed by atoms with van der Waals surface area (Å²) in [7, 11) is 0. The molecule has 1 aliphatic rings. The maximum absolute atomic E-state index is 12.5. The summed E-state index contributed by atoms with van der Waals surface area (Å²) in [5.41, 5.74) is 3.77. The molecule has 3 rings (SSSR count). The molecule has 1 fully saturated rings. The van der Waals surface area contributed by atoms with Crippen molar-refractivity contribution in [2.45, 2.75) is 39.7 Å². The van der Waals surface area contributed by atoms with Crippen LogP contribution in [0.15, 0.2) is 48.5 Å². The van der Waals surface area contributed by atoms with E-state index >= 15 is 0 Å². The molecule has 0 bridgehead atoms. The Bertz CT molecular complexity index is 926. The lowest BCUT2D eigenvalue weighted by atomic mass is 10.1. The number of nitrogens with zero attached hydrogens (tertiary/aromatic N) is 1. The predicted molar refractivity (Wildman–Crippen MR) is 115 cm³/mol. The van der Waals surface area contributed by atoms with Gasteiger partial charge in [-0.2, -0.15) is 0 Å². The molecule has 2 aromatic rings. The molecular formula is C24H28N2O4. The van der Waals surface area contributed by atoms with E-state index in [0.717, 1.165) is 28.8 Å². The van der Waals surface area contributed by atoms with Crippen LogP contribution in [0, 0.1) is 12.8 Å². The van der Waals surface area contributed by atoms with Crippen molar-refractivity contribution in [2.75, 3.05) is 18.5 Å². The molecule has 2 atom stereocenters. The van der Waals surface area contributed by atoms with Gasteiger partial charge in [-0.1, -0.05) is 55.5 Å². The number of rotatable bonds is 7. The maximum Gasteiger partial charge on any atom is 0.311 e. The third kappa shape index (κ3) is 4.87. The van der Waals surface area contributed by atoms with E-state index in [9.17, 15) is 14.4 Å². The van der Waals surface area contributed by atoms with Crippen LogP contribution in [0.3, 0.4) is 0 Å². The predicted octanol–water partition coefficient (Wildman–Crippen LogP) is 3.65. The topological polar surface area (TPSA) is 75.7 Å². The van der Waals surface area contributed by atoms with Gasteiger partial charge in [-0.05, 0) is 37.0 Å². The minimum Gasteiger partial charge on any atom is -0.455 e. The van der Waals surface area contributed by atoms with Crippen molar-refractivity contribution in [3.8, 4) is 0 Å². The lowest BCUT2D eigenvalue weighted by Gasteiger charge is -2.25. The molecule has 0 saturated carbocycles. The minimum atomic E-state index is -0.555. The molecule has 2 aromatic carbocycles. The number of hydrogen-bond acceptors (Lipinski definition) is 4. The Kier molecular flexibility index (Phi) is 6.87. The molecular weight excluding hydrogens is 380 g/mol. The first-order valence-corrected chi connectivity index (χ1v) is 10.3. The minimum absolute atomic E-state index is 0.0785. The summed E-state index contributed by atoms with van der Waals surface area (Å²) < 4.78 is 5.23. The lowest BCUT2D eigenvalue weighted by molar-refractivity contribution is -0.151. The van der Waals surface area contributed by atoms with E-state index in [1.54, 1.807) is 4.90 Å². The molecule has 30 heavy (non-hydrogen) atoms. The van der Waals surface area contributed by atoms with Crippen LogP contribution >= 0.6 is 0 Å². The van der Waals surface area contributed by atoms with Crippen LogP contribution in [0.1, 0.15) is 43.0 Å². The summed E-state index contributed by atoms with van der Waals surface area (Å²) in [6.45, 7) is 5.82. The van der Waals surface area contributed by atoms with Gasteiger partial charge in [0.15, 0.2) is 6.61 Å². The molecule has 0 unspecified atom stereocenters. The van der Waals surface area contributed by atoms with E-state index in [1.807, 2.05) is 69.3 Å². The average molecular weight is 408 g/mol. The van der Waals surface area contributed by atoms with Crippen LogP contribution in [0.2, 0.25) is 0 Å². The van der Waals surface area contributed by atoms with E-state index in [2.05, 4.69) is 5.32 Å². The number of benzene rings is 2. The fraction of sp³-hybridized carbons (Fsp3) is 0.375. The highest BCUT2D eigenvalue weighted by Gasteiger charge is 2.38. The quantitative estimate of drug-likeness (QED) is 0.710. The molecule has 0 spiro atoms. The first-order chi connectivity index (χ1) is 14.4. The Hall–Kier alpha value is -3.15. The number of carbonyl (C=O) groups is 3. The van der Waals surface area contributed by atoms with Crippen molar-refractivity contribution in [1.82, 2.24) is 4.90 Å². The smallest absolute Gasteiger partial charge is 0.311 e. The summed E-state index contributed by atoms with van der Waals surface area (Å²) in [6, 6.07) is 15.4. The highest BCUT2D eigenvalue weighted by Crippen LogP contribution is 2.29. The lowest BCUT2D eigenvalue weighted by Crippen LogP contribution is -2.30. The number of amides is 2. The Morgan fingerprint density at radius 1 is 1.17 bits per heavy atom. The van der Waals surface area contributed by atoms with Gasteiger partial charge in [0.1, 0.15) is 0 Å². The van der Waals surface area contributed by atoms with Gasteiger partial charge >= 0.3 is 5.97 Å². The highest BCUT2D eigenvalue weighted by molar-refractivity contribution is 5.95. The molecule has 1 heterocycles. The van der Waals surface area contributed by atoms with Crippen LogP contribution in [0.4, 0.5) is 5.69 Å². The number of hydrogen-bond donors (Lipinski definition) is 1. The zero-order valence-electron chi connectivity index (χ0n) is 17.7. The van der Waals surface area contributed by atoms with Gasteiger partial charge in [0, 0.05) is 18.7 Å². The number of anilines is 1. The first kappa shape index (κ1) is 21.6. The zero-order chi connectivity index (χ0) is 21.7. The monoisotopic (exact) mass is 408 g/mol. The van der Waals surface area contributed by atoms with E-state index in [4.69, 9.17) is 4.74 Å². The highest BCUT2D eigenvalue weighted by atomic mass is 16.5. The Morgan fingerprint density at radius 2 is 1.90 bits per heavy atom. The number of ether oxygens (including phenoxy) is 1. The van der Waals surface area contributed by atoms with E-state index in [-0.39, 0.29) is 30.9 Å². The van der Waals surface area contributed by atoms with Crippen molar-refractivity contribution in [2.24, 2.45) is 5.92 Å². The van der Waals surface area contributed by atoms with Gasteiger partial charge in [0.25, 0.3) is 5.91 Å². The normalized spacial score (nSPS) is 17.0. The molecule has 0 aromatic heterocycles. The van der Waals surface area contributed by atoms with Crippen molar-refractivity contribution in [3.05, 3.63) is 65.2 Å². The fourth-order valence-electron chi connectivity index (χ4n) is 3.81. The number of nitrogens with one attached hydrogen (secondary N) is 1. The fourth-order valence-corrected chi connectivity index (χ4v) is 3.81. The molecule has 0 radical (unpaired) electrons. The Morgan fingerprint density at radius 3 is 2.60 bits per heavy atom. The maximum atomic E-state index is 12.5. The van der Waals surface area contributed by atoms with E-state index < -0.39 is 11.9 Å². The Labute approximate surface area is 177 Å². The van der Waals surface area contributed by atoms with Gasteiger partial charge < -0.3 is 15.0 Å². The van der Waals surface area contributed by atoms with Gasteiger partial charge in [-0.25, -0.2) is 0 Å². The van der Waals surface area contributed by atoms with Crippen LogP contribution in [-0.2, 0) is 25.5 Å². The van der Waals surface area contributed by atoms with Crippen molar-refractivity contribution in [3.63, 3.8) is 0 Å². The molecule has 1 saturated heterocycles. The van der Waals surface area contributed by atoms with E-state index in [1.165, 1.54) is 0 Å². The van der Waals surface area contributed by atoms with Crippen molar-refractivity contribution >= 4 is 23.5 Å². The third-order valence-corrected chi connectivity index (χ3v) is 5.59. The molecule has 1 N–H and O–H groups in total. The van der Waals surface area contributed by atoms with Crippen LogP contribution in [0.5, 0.6) is 0 Å². The second-order valence-electron chi connectivity index (χ2n) is 7.65. The SMILES string of the molecule is CCc1cccc(C)c1NC(=O)COC(=O)[C@H]1CC(=O)N([C@@H](C)c2ccccc2)C1. The molecule has 158 valence electrons. The number of esters is 1. The standard InChI is InChI=1S/C24H28N2O4/c1-4-18-12-8-9-16(2)23(18)25-21(27)15-30-24(29)20-13-22(28)26(14-20)17(3)19-10-6-5-7-11-19/h5-12,17,20H,4,13-15H2,1-3H3,(H,25,27)/t17-,20-/m0/s1. The molecule has 6 nitrogen and oxygen atoms in total. The second kappa shape index (κ2) is 9.57. The number of likely N-dealkylation sites (tertiary alicyclic amines) is 1.